The third-order valence-corrected chi connectivity index (χ3v) is 4.76. The third kappa shape index (κ3) is 3.04. The number of nitrogens with one attached hydrogen (secondary N) is 1. The molecule has 0 aromatic heterocycles. The molecule has 0 amide bonds. The van der Waals surface area contributed by atoms with Gasteiger partial charge in [-0.3, -0.25) is 4.90 Å². The van der Waals surface area contributed by atoms with Crippen LogP contribution in [0, 0.1) is 11.3 Å². The van der Waals surface area contributed by atoms with Crippen molar-refractivity contribution in [3.05, 3.63) is 29.3 Å². The van der Waals surface area contributed by atoms with Crippen LogP contribution in [-0.2, 0) is 6.54 Å². The maximum atomic E-state index is 9.10. The van der Waals surface area contributed by atoms with E-state index < -0.39 is 0 Å². The van der Waals surface area contributed by atoms with Crippen molar-refractivity contribution in [2.24, 2.45) is 0 Å². The first-order valence-corrected chi connectivity index (χ1v) is 7.86. The summed E-state index contributed by atoms with van der Waals surface area (Å²) in [7, 11) is 1.70. The summed E-state index contributed by atoms with van der Waals surface area (Å²) in [4.78, 5) is 2.56. The smallest absolute Gasteiger partial charge is 0.123 e. The fraction of sp³-hybridized carbons (Fsp3) is 0.588. The molecular formula is C17H23N3O. The molecule has 4 nitrogen and oxygen atoms in total. The van der Waals surface area contributed by atoms with E-state index in [9.17, 15) is 0 Å². The van der Waals surface area contributed by atoms with Crippen LogP contribution in [0.4, 0.5) is 0 Å². The number of ether oxygens (including phenoxy) is 1. The van der Waals surface area contributed by atoms with Gasteiger partial charge in [-0.15, -0.1) is 0 Å². The average molecular weight is 285 g/mol. The predicted molar refractivity (Wildman–Crippen MR) is 82.2 cm³/mol. The molecule has 1 aromatic rings. The Labute approximate surface area is 126 Å². The Balaban J connectivity index is 1.77. The SMILES string of the molecule is COc1ccc(C#N)cc1CN1CCCC1C1CCCN1. The molecule has 1 N–H and O–H groups in total. The second-order valence-electron chi connectivity index (χ2n) is 6.02. The van der Waals surface area contributed by atoms with Crippen LogP contribution in [0.1, 0.15) is 36.8 Å². The van der Waals surface area contributed by atoms with Crippen molar-refractivity contribution in [3.8, 4) is 11.8 Å². The monoisotopic (exact) mass is 285 g/mol. The van der Waals surface area contributed by atoms with Gasteiger partial charge in [0.05, 0.1) is 18.7 Å². The highest BCUT2D eigenvalue weighted by Crippen LogP contribution is 2.29. The maximum absolute atomic E-state index is 9.10. The summed E-state index contributed by atoms with van der Waals surface area (Å²) in [6, 6.07) is 9.19. The lowest BCUT2D eigenvalue weighted by atomic mass is 10.0. The van der Waals surface area contributed by atoms with E-state index in [1.807, 2.05) is 18.2 Å². The Kier molecular flexibility index (Phi) is 4.42. The number of nitriles is 1. The minimum Gasteiger partial charge on any atom is -0.496 e. The van der Waals surface area contributed by atoms with Crippen LogP contribution in [0.5, 0.6) is 5.75 Å². The third-order valence-electron chi connectivity index (χ3n) is 4.76. The lowest BCUT2D eigenvalue weighted by molar-refractivity contribution is 0.204. The number of hydrogen-bond acceptors (Lipinski definition) is 4. The quantitative estimate of drug-likeness (QED) is 0.922. The van der Waals surface area contributed by atoms with Crippen molar-refractivity contribution in [3.63, 3.8) is 0 Å². The van der Waals surface area contributed by atoms with Gasteiger partial charge in [0.1, 0.15) is 5.75 Å². The highest BCUT2D eigenvalue weighted by atomic mass is 16.5. The molecule has 3 rings (SSSR count). The van der Waals surface area contributed by atoms with Crippen LogP contribution >= 0.6 is 0 Å². The van der Waals surface area contributed by atoms with Crippen molar-refractivity contribution in [1.82, 2.24) is 10.2 Å². The molecule has 2 aliphatic heterocycles. The molecule has 2 heterocycles. The van der Waals surface area contributed by atoms with Gasteiger partial charge in [-0.25, -0.2) is 0 Å². The highest BCUT2D eigenvalue weighted by Gasteiger charge is 2.33. The lowest BCUT2D eigenvalue weighted by Gasteiger charge is -2.30. The van der Waals surface area contributed by atoms with Gasteiger partial charge in [0.25, 0.3) is 0 Å². The van der Waals surface area contributed by atoms with E-state index >= 15 is 0 Å². The van der Waals surface area contributed by atoms with Crippen molar-refractivity contribution >= 4 is 0 Å². The van der Waals surface area contributed by atoms with E-state index in [1.165, 1.54) is 25.7 Å². The number of benzene rings is 1. The second-order valence-corrected chi connectivity index (χ2v) is 6.02. The Bertz CT molecular complexity index is 531. The van der Waals surface area contributed by atoms with Crippen molar-refractivity contribution in [1.29, 1.82) is 5.26 Å². The molecule has 1 aromatic carbocycles. The first-order chi connectivity index (χ1) is 10.3. The van der Waals surface area contributed by atoms with E-state index in [0.717, 1.165) is 30.9 Å². The Morgan fingerprint density at radius 1 is 1.38 bits per heavy atom. The van der Waals surface area contributed by atoms with Crippen molar-refractivity contribution in [2.45, 2.75) is 44.3 Å². The van der Waals surface area contributed by atoms with Gasteiger partial charge < -0.3 is 10.1 Å². The summed E-state index contributed by atoms with van der Waals surface area (Å²) < 4.78 is 5.46. The van der Waals surface area contributed by atoms with Crippen LogP contribution in [0.2, 0.25) is 0 Å². The fourth-order valence-corrected chi connectivity index (χ4v) is 3.73. The number of rotatable bonds is 4. The summed E-state index contributed by atoms with van der Waals surface area (Å²) in [6.45, 7) is 3.17. The van der Waals surface area contributed by atoms with Gasteiger partial charge in [0.2, 0.25) is 0 Å². The average Bonchev–Trinajstić information content (AvgIpc) is 3.17. The minimum absolute atomic E-state index is 0.628. The van der Waals surface area contributed by atoms with Gasteiger partial charge in [0, 0.05) is 24.2 Å². The van der Waals surface area contributed by atoms with Crippen LogP contribution < -0.4 is 10.1 Å². The standard InChI is InChI=1S/C17H23N3O/c1-21-17-7-6-13(11-18)10-14(17)12-20-9-3-5-16(20)15-4-2-8-19-15/h6-7,10,15-16,19H,2-5,8-9,12H2,1H3. The van der Waals surface area contributed by atoms with Gasteiger partial charge >= 0.3 is 0 Å². The summed E-state index contributed by atoms with van der Waals surface area (Å²) in [5.74, 6) is 0.888. The number of hydrogen-bond donors (Lipinski definition) is 1. The van der Waals surface area contributed by atoms with Crippen LogP contribution in [0.3, 0.4) is 0 Å². The molecular weight excluding hydrogens is 262 g/mol. The Hall–Kier alpha value is -1.57. The summed E-state index contributed by atoms with van der Waals surface area (Å²) in [6.07, 6.45) is 5.12. The number of nitrogens with zero attached hydrogens (tertiary/aromatic N) is 2. The summed E-state index contributed by atoms with van der Waals surface area (Å²) >= 11 is 0. The largest absolute Gasteiger partial charge is 0.496 e. The first-order valence-electron chi connectivity index (χ1n) is 7.86. The van der Waals surface area contributed by atoms with E-state index in [2.05, 4.69) is 16.3 Å². The zero-order valence-corrected chi connectivity index (χ0v) is 12.6. The molecule has 0 saturated carbocycles. The molecule has 2 atom stereocenters. The Morgan fingerprint density at radius 3 is 3.00 bits per heavy atom. The molecule has 21 heavy (non-hydrogen) atoms. The lowest BCUT2D eigenvalue weighted by Crippen LogP contribution is -2.43. The van der Waals surface area contributed by atoms with Crippen molar-refractivity contribution in [2.75, 3.05) is 20.2 Å². The molecule has 4 heteroatoms. The fourth-order valence-electron chi connectivity index (χ4n) is 3.73. The van der Waals surface area contributed by atoms with E-state index in [-0.39, 0.29) is 0 Å². The molecule has 2 saturated heterocycles. The molecule has 0 bridgehead atoms. The second kappa shape index (κ2) is 6.46. The van der Waals surface area contributed by atoms with Crippen LogP contribution in [-0.4, -0.2) is 37.2 Å². The summed E-state index contributed by atoms with van der Waals surface area (Å²) in [5, 5.41) is 12.7. The maximum Gasteiger partial charge on any atom is 0.123 e. The van der Waals surface area contributed by atoms with Gasteiger partial charge in [-0.05, 0) is 57.0 Å². The normalized spacial score (nSPS) is 25.9. The van der Waals surface area contributed by atoms with E-state index in [1.54, 1.807) is 7.11 Å². The molecule has 2 unspecified atom stereocenters. The first kappa shape index (κ1) is 14.4. The van der Waals surface area contributed by atoms with E-state index in [4.69, 9.17) is 10.00 Å². The zero-order chi connectivity index (χ0) is 14.7. The molecule has 0 aliphatic carbocycles. The molecule has 112 valence electrons. The highest BCUT2D eigenvalue weighted by molar-refractivity contribution is 5.42. The number of likely N-dealkylation sites (tertiary alicyclic amines) is 1. The minimum atomic E-state index is 0.628. The molecule has 2 fully saturated rings. The molecule has 0 spiro atoms. The van der Waals surface area contributed by atoms with Gasteiger partial charge in [-0.1, -0.05) is 0 Å². The Morgan fingerprint density at radius 2 is 2.29 bits per heavy atom. The van der Waals surface area contributed by atoms with Gasteiger partial charge in [-0.2, -0.15) is 5.26 Å². The van der Waals surface area contributed by atoms with Gasteiger partial charge in [0.15, 0.2) is 0 Å². The van der Waals surface area contributed by atoms with E-state index in [0.29, 0.717) is 17.6 Å². The van der Waals surface area contributed by atoms with Crippen LogP contribution in [0.15, 0.2) is 18.2 Å². The molecule has 2 aliphatic rings. The number of methoxy groups -OCH3 is 1. The molecule has 0 radical (unpaired) electrons. The predicted octanol–water partition coefficient (Wildman–Crippen LogP) is 2.28. The topological polar surface area (TPSA) is 48.3 Å². The summed E-state index contributed by atoms with van der Waals surface area (Å²) in [5.41, 5.74) is 1.84. The van der Waals surface area contributed by atoms with Crippen molar-refractivity contribution < 1.29 is 4.74 Å². The zero-order valence-electron chi connectivity index (χ0n) is 12.6. The van der Waals surface area contributed by atoms with Crippen LogP contribution in [0.25, 0.3) is 0 Å².